The molecule has 7 heavy (non-hydrogen) atoms. The molecule has 0 aromatic heterocycles. The van der Waals surface area contributed by atoms with Gasteiger partial charge in [-0.15, -0.1) is 0 Å². The van der Waals surface area contributed by atoms with Crippen molar-refractivity contribution in [2.24, 2.45) is 0 Å². The average molecular weight is 100 g/mol. The summed E-state index contributed by atoms with van der Waals surface area (Å²) in [5.41, 5.74) is 4.02. The van der Waals surface area contributed by atoms with Crippen LogP contribution in [0, 0.1) is 11.8 Å². The van der Waals surface area contributed by atoms with Gasteiger partial charge in [-0.05, 0) is 20.8 Å². The van der Waals surface area contributed by atoms with Gasteiger partial charge in [-0.1, -0.05) is 0 Å². The van der Waals surface area contributed by atoms with Crippen molar-refractivity contribution in [1.82, 2.24) is 0 Å². The molecular formula is C5H12N2. The Labute approximate surface area is 44.9 Å². The van der Waals surface area contributed by atoms with Crippen LogP contribution in [0.15, 0.2) is 0 Å². The summed E-state index contributed by atoms with van der Waals surface area (Å²) in [5.74, 6) is 0. The molecule has 0 aliphatic heterocycles. The van der Waals surface area contributed by atoms with Crippen molar-refractivity contribution in [3.05, 3.63) is 6.57 Å². The fourth-order valence-electron chi connectivity index (χ4n) is 0. The molecule has 0 heterocycles. The summed E-state index contributed by atoms with van der Waals surface area (Å²) in [6.45, 7) is 11.0. The molecule has 0 saturated carbocycles. The molecule has 0 fully saturated rings. The van der Waals surface area contributed by atoms with Gasteiger partial charge in [0.15, 0.2) is 0 Å². The highest BCUT2D eigenvalue weighted by atomic mass is 14.7. The van der Waals surface area contributed by atoms with E-state index in [1.54, 1.807) is 0 Å². The molecule has 0 atom stereocenters. The number of nitrogens with zero attached hydrogens (tertiary/aromatic N) is 1. The Bertz CT molecular complexity index is 42.8. The van der Waals surface area contributed by atoms with Crippen molar-refractivity contribution in [1.29, 1.82) is 5.26 Å². The van der Waals surface area contributed by atoms with Gasteiger partial charge in [0.05, 0.1) is 5.54 Å². The predicted octanol–water partition coefficient (Wildman–Crippen LogP) is 0.123. The molecule has 0 aliphatic carbocycles. The molecule has 0 saturated heterocycles. The molecule has 0 spiro atoms. The molecule has 0 aliphatic rings. The van der Waals surface area contributed by atoms with E-state index in [1.807, 2.05) is 0 Å². The van der Waals surface area contributed by atoms with Gasteiger partial charge in [-0.3, -0.25) is 0 Å². The van der Waals surface area contributed by atoms with Gasteiger partial charge in [0, 0.05) is 0 Å². The third-order valence-electron chi connectivity index (χ3n) is 0. The summed E-state index contributed by atoms with van der Waals surface area (Å²) in [7, 11) is 0. The zero-order chi connectivity index (χ0) is 6.50. The van der Waals surface area contributed by atoms with Gasteiger partial charge < -0.3 is 17.6 Å². The number of hydrogen-bond acceptors (Lipinski definition) is 1. The van der Waals surface area contributed by atoms with Gasteiger partial charge >= 0.3 is 0 Å². The van der Waals surface area contributed by atoms with E-state index in [1.165, 1.54) is 0 Å². The number of rotatable bonds is 0. The zero-order valence-corrected chi connectivity index (χ0v) is 5.15. The van der Waals surface area contributed by atoms with Crippen LogP contribution in [0.4, 0.5) is 0 Å². The van der Waals surface area contributed by atoms with E-state index in [4.69, 9.17) is 11.8 Å². The molecule has 0 rings (SSSR count). The smallest absolute Gasteiger partial charge is 0.0860 e. The Kier molecular flexibility index (Phi) is 5.02. The maximum atomic E-state index is 6.25. The van der Waals surface area contributed by atoms with Crippen LogP contribution < -0.4 is 5.73 Å². The standard InChI is InChI=1S/C4H11N.CN/c1-4(2,3)5;1-2/h5H2,1-3H3;/q;-1/p+1. The Morgan fingerprint density at radius 2 is 1.29 bits per heavy atom. The first-order valence-corrected chi connectivity index (χ1v) is 2.08. The third-order valence-corrected chi connectivity index (χ3v) is 0. The van der Waals surface area contributed by atoms with E-state index < -0.39 is 0 Å². The minimum Gasteiger partial charge on any atom is -0.512 e. The van der Waals surface area contributed by atoms with Gasteiger partial charge in [0.1, 0.15) is 0 Å². The van der Waals surface area contributed by atoms with Crippen LogP contribution in [0.25, 0.3) is 0 Å². The number of quaternary nitrogens is 1. The Morgan fingerprint density at radius 1 is 1.29 bits per heavy atom. The van der Waals surface area contributed by atoms with Crippen LogP contribution in [-0.4, -0.2) is 5.54 Å². The first kappa shape index (κ1) is 9.67. The minimum absolute atomic E-state index is 0.250. The zero-order valence-electron chi connectivity index (χ0n) is 5.15. The lowest BCUT2D eigenvalue weighted by Gasteiger charge is -2.01. The first-order valence-electron chi connectivity index (χ1n) is 2.08. The van der Waals surface area contributed by atoms with E-state index in [9.17, 15) is 0 Å². The molecular weight excluding hydrogens is 88.1 g/mol. The Hall–Kier alpha value is -0.550. The Morgan fingerprint density at radius 3 is 1.29 bits per heavy atom. The monoisotopic (exact) mass is 100 g/mol. The van der Waals surface area contributed by atoms with Crippen molar-refractivity contribution in [3.8, 4) is 0 Å². The van der Waals surface area contributed by atoms with Crippen LogP contribution in [0.5, 0.6) is 0 Å². The largest absolute Gasteiger partial charge is 0.512 e. The van der Waals surface area contributed by atoms with E-state index in [2.05, 4.69) is 26.5 Å². The quantitative estimate of drug-likeness (QED) is 0.432. The lowest BCUT2D eigenvalue weighted by atomic mass is 10.1. The van der Waals surface area contributed by atoms with Gasteiger partial charge in [-0.25, -0.2) is 0 Å². The van der Waals surface area contributed by atoms with Crippen LogP contribution >= 0.6 is 0 Å². The van der Waals surface area contributed by atoms with E-state index >= 15 is 0 Å². The fourth-order valence-corrected chi connectivity index (χ4v) is 0. The van der Waals surface area contributed by atoms with Gasteiger partial charge in [-0.2, -0.15) is 0 Å². The molecule has 2 nitrogen and oxygen atoms in total. The molecule has 0 bridgehead atoms. The molecule has 3 N–H and O–H groups in total. The van der Waals surface area contributed by atoms with Gasteiger partial charge in [0.25, 0.3) is 0 Å². The molecule has 0 aromatic rings. The maximum absolute atomic E-state index is 6.25. The lowest BCUT2D eigenvalue weighted by Crippen LogP contribution is -2.67. The highest BCUT2D eigenvalue weighted by Gasteiger charge is 2.00. The molecule has 0 aromatic carbocycles. The van der Waals surface area contributed by atoms with Crippen molar-refractivity contribution >= 4 is 0 Å². The normalized spacial score (nSPS) is 8.86. The minimum atomic E-state index is 0.250. The molecule has 42 valence electrons. The first-order chi connectivity index (χ1) is 3.00. The molecule has 0 unspecified atom stereocenters. The summed E-state index contributed by atoms with van der Waals surface area (Å²) in [5, 5.41) is 6.25. The second kappa shape index (κ2) is 3.63. The van der Waals surface area contributed by atoms with E-state index in [0.717, 1.165) is 0 Å². The topological polar surface area (TPSA) is 51.4 Å². The number of hydrogen-bond donors (Lipinski definition) is 1. The summed E-state index contributed by atoms with van der Waals surface area (Å²) >= 11 is 0. The summed E-state index contributed by atoms with van der Waals surface area (Å²) < 4.78 is 0. The van der Waals surface area contributed by atoms with Crippen molar-refractivity contribution in [3.63, 3.8) is 0 Å². The Balaban J connectivity index is 0. The van der Waals surface area contributed by atoms with Crippen LogP contribution in [0.2, 0.25) is 0 Å². The summed E-state index contributed by atoms with van der Waals surface area (Å²) in [6.07, 6.45) is 0. The highest BCUT2D eigenvalue weighted by Crippen LogP contribution is 1.84. The van der Waals surface area contributed by atoms with E-state index in [0.29, 0.717) is 0 Å². The third kappa shape index (κ3) is 214. The van der Waals surface area contributed by atoms with Gasteiger partial charge in [0.2, 0.25) is 0 Å². The molecule has 0 radical (unpaired) electrons. The molecule has 0 amide bonds. The second-order valence-electron chi connectivity index (χ2n) is 2.56. The van der Waals surface area contributed by atoms with Crippen molar-refractivity contribution in [2.45, 2.75) is 26.3 Å². The summed E-state index contributed by atoms with van der Waals surface area (Å²) in [6, 6.07) is 0. The average Bonchev–Trinajstić information content (AvgIpc) is 1.36. The fraction of sp³-hybridized carbons (Fsp3) is 0.800. The van der Waals surface area contributed by atoms with Crippen LogP contribution in [-0.2, 0) is 0 Å². The lowest BCUT2D eigenvalue weighted by molar-refractivity contribution is -0.458. The van der Waals surface area contributed by atoms with Crippen molar-refractivity contribution < 1.29 is 5.73 Å². The maximum Gasteiger partial charge on any atom is 0.0860 e. The highest BCUT2D eigenvalue weighted by molar-refractivity contribution is 4.48. The van der Waals surface area contributed by atoms with E-state index in [-0.39, 0.29) is 5.54 Å². The van der Waals surface area contributed by atoms with Crippen molar-refractivity contribution in [2.75, 3.05) is 0 Å². The van der Waals surface area contributed by atoms with Crippen LogP contribution in [0.3, 0.4) is 0 Å². The molecule has 2 heteroatoms. The predicted molar refractivity (Wildman–Crippen MR) is 27.6 cm³/mol. The summed E-state index contributed by atoms with van der Waals surface area (Å²) in [4.78, 5) is 0. The second-order valence-corrected chi connectivity index (χ2v) is 2.56. The van der Waals surface area contributed by atoms with Crippen LogP contribution in [0.1, 0.15) is 20.8 Å². The SMILES string of the molecule is CC(C)(C)[NH3+].[C-]#N.